The topological polar surface area (TPSA) is 94.1 Å². The van der Waals surface area contributed by atoms with Crippen LogP contribution < -0.4 is 5.32 Å². The maximum Gasteiger partial charge on any atom is 0.272 e. The molecule has 7 nitrogen and oxygen atoms in total. The second-order valence-corrected chi connectivity index (χ2v) is 4.20. The minimum absolute atomic E-state index is 0.157. The lowest BCUT2D eigenvalue weighted by atomic mass is 10.2. The molecule has 1 aromatic heterocycles. The van der Waals surface area contributed by atoms with Crippen molar-refractivity contribution in [2.24, 2.45) is 0 Å². The van der Waals surface area contributed by atoms with E-state index in [1.54, 1.807) is 6.92 Å². The lowest BCUT2D eigenvalue weighted by Crippen LogP contribution is -2.12. The minimum Gasteiger partial charge on any atom is -0.373 e. The number of hydrogen-bond acceptors (Lipinski definition) is 6. The van der Waals surface area contributed by atoms with Gasteiger partial charge < -0.3 is 9.84 Å². The first-order chi connectivity index (χ1) is 9.51. The van der Waals surface area contributed by atoms with E-state index >= 15 is 0 Å². The lowest BCUT2D eigenvalue weighted by Gasteiger charge is -2.14. The number of aryl methyl sites for hydroxylation is 1. The molecule has 8 heteroatoms. The van der Waals surface area contributed by atoms with Gasteiger partial charge >= 0.3 is 0 Å². The molecule has 0 radical (unpaired) electrons. The van der Waals surface area contributed by atoms with Gasteiger partial charge in [0.25, 0.3) is 5.69 Å². The van der Waals surface area contributed by atoms with Gasteiger partial charge in [0.15, 0.2) is 11.6 Å². The van der Waals surface area contributed by atoms with Gasteiger partial charge in [0.1, 0.15) is 0 Å². The summed E-state index contributed by atoms with van der Waals surface area (Å²) in [4.78, 5) is 14.0. The van der Waals surface area contributed by atoms with E-state index in [0.29, 0.717) is 18.1 Å². The molecule has 106 valence electrons. The molecule has 2 aromatic rings. The van der Waals surface area contributed by atoms with E-state index in [9.17, 15) is 14.5 Å². The van der Waals surface area contributed by atoms with Crippen LogP contribution in [0.5, 0.6) is 0 Å². The third-order valence-corrected chi connectivity index (χ3v) is 2.76. The molecule has 2 rings (SSSR count). The van der Waals surface area contributed by atoms with Crippen LogP contribution in [0, 0.1) is 22.9 Å². The van der Waals surface area contributed by atoms with Gasteiger partial charge in [-0.25, -0.2) is 4.39 Å². The third-order valence-electron chi connectivity index (χ3n) is 2.76. The molecule has 1 heterocycles. The van der Waals surface area contributed by atoms with Crippen LogP contribution in [0.2, 0.25) is 0 Å². The van der Waals surface area contributed by atoms with Gasteiger partial charge in [-0.3, -0.25) is 10.1 Å². The number of aromatic nitrogens is 2. The van der Waals surface area contributed by atoms with Gasteiger partial charge in [0.05, 0.1) is 22.7 Å². The Morgan fingerprint density at radius 2 is 2.30 bits per heavy atom. The monoisotopic (exact) mass is 280 g/mol. The quantitative estimate of drug-likeness (QED) is 0.668. The highest BCUT2D eigenvalue weighted by atomic mass is 19.1. The summed E-state index contributed by atoms with van der Waals surface area (Å²) in [6, 6.07) is 3.10. The molecule has 1 aromatic carbocycles. The van der Waals surface area contributed by atoms with Gasteiger partial charge in [0.2, 0.25) is 5.89 Å². The van der Waals surface area contributed by atoms with Crippen molar-refractivity contribution in [2.75, 3.05) is 5.32 Å². The number of non-ortho nitro benzene ring substituents is 1. The Balaban J connectivity index is 2.22. The Hall–Kier alpha value is -2.51. The highest BCUT2D eigenvalue weighted by Gasteiger charge is 2.18. The van der Waals surface area contributed by atoms with E-state index in [1.807, 2.05) is 6.92 Å². The molecule has 20 heavy (non-hydrogen) atoms. The summed E-state index contributed by atoms with van der Waals surface area (Å²) in [5.41, 5.74) is -0.138. The van der Waals surface area contributed by atoms with Crippen molar-refractivity contribution in [1.29, 1.82) is 0 Å². The molecule has 0 aliphatic heterocycles. The van der Waals surface area contributed by atoms with Crippen LogP contribution in [0.4, 0.5) is 15.8 Å². The number of hydrogen-bond donors (Lipinski definition) is 1. The fourth-order valence-electron chi connectivity index (χ4n) is 1.73. The number of nitro benzene ring substituents is 1. The predicted molar refractivity (Wildman–Crippen MR) is 68.7 cm³/mol. The van der Waals surface area contributed by atoms with Crippen LogP contribution in [0.3, 0.4) is 0 Å². The number of rotatable bonds is 5. The maximum atomic E-state index is 13.8. The van der Waals surface area contributed by atoms with Gasteiger partial charge in [0, 0.05) is 13.0 Å². The number of nitrogens with one attached hydrogen (secondary N) is 1. The van der Waals surface area contributed by atoms with Crippen molar-refractivity contribution in [3.63, 3.8) is 0 Å². The summed E-state index contributed by atoms with van der Waals surface area (Å²) in [5, 5.41) is 17.2. The van der Waals surface area contributed by atoms with Crippen LogP contribution >= 0.6 is 0 Å². The standard InChI is InChI=1S/C12H13FN4O3/c1-3-10(12-14-7(2)20-16-12)15-11-5-4-8(17(18)19)6-9(11)13/h4-6,10,15H,3H2,1-2H3. The van der Waals surface area contributed by atoms with E-state index in [-0.39, 0.29) is 17.4 Å². The van der Waals surface area contributed by atoms with Gasteiger partial charge in [-0.2, -0.15) is 4.98 Å². The second-order valence-electron chi connectivity index (χ2n) is 4.20. The lowest BCUT2D eigenvalue weighted by molar-refractivity contribution is -0.385. The molecular weight excluding hydrogens is 267 g/mol. The summed E-state index contributed by atoms with van der Waals surface area (Å²) in [7, 11) is 0. The predicted octanol–water partition coefficient (Wildman–Crippen LogP) is 2.99. The Labute approximate surface area is 114 Å². The zero-order chi connectivity index (χ0) is 14.7. The molecule has 0 aliphatic carbocycles. The molecular formula is C12H13FN4O3. The van der Waals surface area contributed by atoms with Crippen molar-refractivity contribution >= 4 is 11.4 Å². The first-order valence-electron chi connectivity index (χ1n) is 6.02. The average Bonchev–Trinajstić information content (AvgIpc) is 2.83. The average molecular weight is 280 g/mol. The van der Waals surface area contributed by atoms with Crippen LogP contribution in [-0.4, -0.2) is 15.1 Å². The summed E-state index contributed by atoms with van der Waals surface area (Å²) < 4.78 is 18.7. The van der Waals surface area contributed by atoms with E-state index in [2.05, 4.69) is 15.5 Å². The molecule has 0 amide bonds. The van der Waals surface area contributed by atoms with Gasteiger partial charge in [-0.05, 0) is 12.5 Å². The first-order valence-corrected chi connectivity index (χ1v) is 6.02. The zero-order valence-corrected chi connectivity index (χ0v) is 11.0. The fraction of sp³-hybridized carbons (Fsp3) is 0.333. The Morgan fingerprint density at radius 1 is 1.55 bits per heavy atom. The summed E-state index contributed by atoms with van der Waals surface area (Å²) in [6.07, 6.45) is 0.607. The Bertz CT molecular complexity index is 629. The summed E-state index contributed by atoms with van der Waals surface area (Å²) in [5.74, 6) is 0.144. The van der Waals surface area contributed by atoms with E-state index in [0.717, 1.165) is 6.07 Å². The van der Waals surface area contributed by atoms with Crippen molar-refractivity contribution < 1.29 is 13.8 Å². The van der Waals surface area contributed by atoms with E-state index < -0.39 is 10.7 Å². The largest absolute Gasteiger partial charge is 0.373 e. The summed E-state index contributed by atoms with van der Waals surface area (Å²) in [6.45, 7) is 3.54. The van der Waals surface area contributed by atoms with Crippen molar-refractivity contribution in [3.8, 4) is 0 Å². The van der Waals surface area contributed by atoms with Crippen molar-refractivity contribution in [1.82, 2.24) is 10.1 Å². The second kappa shape index (κ2) is 5.64. The molecule has 1 unspecified atom stereocenters. The molecule has 1 N–H and O–H groups in total. The number of halogens is 1. The molecule has 0 spiro atoms. The van der Waals surface area contributed by atoms with Crippen molar-refractivity contribution in [3.05, 3.63) is 45.8 Å². The van der Waals surface area contributed by atoms with Crippen LogP contribution in [0.1, 0.15) is 31.1 Å². The SMILES string of the molecule is CCC(Nc1ccc([N+](=O)[O-])cc1F)c1noc(C)n1. The molecule has 0 fully saturated rings. The normalized spacial score (nSPS) is 12.2. The van der Waals surface area contributed by atoms with Crippen LogP contribution in [0.25, 0.3) is 0 Å². The van der Waals surface area contributed by atoms with Crippen LogP contribution in [0.15, 0.2) is 22.7 Å². The van der Waals surface area contributed by atoms with Gasteiger partial charge in [-0.1, -0.05) is 12.1 Å². The molecule has 0 bridgehead atoms. The molecule has 0 saturated carbocycles. The van der Waals surface area contributed by atoms with E-state index in [1.165, 1.54) is 12.1 Å². The number of benzene rings is 1. The highest BCUT2D eigenvalue weighted by Crippen LogP contribution is 2.25. The first kappa shape index (κ1) is 13.9. The number of nitro groups is 1. The van der Waals surface area contributed by atoms with E-state index in [4.69, 9.17) is 4.52 Å². The Morgan fingerprint density at radius 3 is 2.80 bits per heavy atom. The number of anilines is 1. The smallest absolute Gasteiger partial charge is 0.272 e. The summed E-state index contributed by atoms with van der Waals surface area (Å²) >= 11 is 0. The maximum absolute atomic E-state index is 13.8. The Kier molecular flexibility index (Phi) is 3.92. The molecule has 1 atom stereocenters. The zero-order valence-electron chi connectivity index (χ0n) is 11.0. The van der Waals surface area contributed by atoms with Crippen LogP contribution in [-0.2, 0) is 0 Å². The number of nitrogens with zero attached hydrogens (tertiary/aromatic N) is 3. The van der Waals surface area contributed by atoms with Crippen molar-refractivity contribution in [2.45, 2.75) is 26.3 Å². The molecule has 0 aliphatic rings. The van der Waals surface area contributed by atoms with Gasteiger partial charge in [-0.15, -0.1) is 0 Å². The molecule has 0 saturated heterocycles. The minimum atomic E-state index is -0.696. The third kappa shape index (κ3) is 2.90. The highest BCUT2D eigenvalue weighted by molar-refractivity contribution is 5.51. The fourth-order valence-corrected chi connectivity index (χ4v) is 1.73.